The first-order valence-electron chi connectivity index (χ1n) is 21.0. The van der Waals surface area contributed by atoms with E-state index in [9.17, 15) is 23.8 Å². The highest BCUT2D eigenvalue weighted by molar-refractivity contribution is 7.47. The van der Waals surface area contributed by atoms with E-state index in [2.05, 4.69) is 54.8 Å². The molecule has 0 amide bonds. The van der Waals surface area contributed by atoms with E-state index in [1.54, 1.807) is 0 Å². The van der Waals surface area contributed by atoms with Crippen molar-refractivity contribution in [2.45, 2.75) is 193 Å². The lowest BCUT2D eigenvalue weighted by Crippen LogP contribution is -2.34. The molecule has 0 aromatic carbocycles. The Morgan fingerprint density at radius 3 is 1.48 bits per heavy atom. The standard InChI is InChI=1S/C42H76NO10P/c1-3-5-7-9-11-13-15-17-19-21-23-25-27-29-31-33-40(44)50-35-38(36-51-54(48,49)52-37-39(43)42(46)47)53-41(45)34-32-30-28-26-24-22-20-18-16-14-12-10-8-6-4-2/h14,16-20,38-39H,3-13,15,21-37,43H2,1-2H3,(H,46,47)(H,48,49)/b16-14+,19-17+,20-18+/t38-,39+/m1/s1. The number of carboxylic acid groups (broad SMARTS) is 1. The molecule has 0 rings (SSSR count). The summed E-state index contributed by atoms with van der Waals surface area (Å²) in [7, 11) is -4.72. The van der Waals surface area contributed by atoms with Crippen molar-refractivity contribution in [1.82, 2.24) is 0 Å². The Kier molecular flexibility index (Phi) is 36.0. The van der Waals surface area contributed by atoms with Gasteiger partial charge in [0.2, 0.25) is 0 Å². The van der Waals surface area contributed by atoms with Gasteiger partial charge in [0.25, 0.3) is 0 Å². The van der Waals surface area contributed by atoms with Gasteiger partial charge >= 0.3 is 25.7 Å². The number of nitrogens with two attached hydrogens (primary N) is 1. The second kappa shape index (κ2) is 37.6. The zero-order valence-electron chi connectivity index (χ0n) is 33.8. The average Bonchev–Trinajstić information content (AvgIpc) is 3.14. The largest absolute Gasteiger partial charge is 0.480 e. The van der Waals surface area contributed by atoms with E-state index in [4.69, 9.17) is 24.8 Å². The Morgan fingerprint density at radius 1 is 0.574 bits per heavy atom. The van der Waals surface area contributed by atoms with Gasteiger partial charge in [-0.15, -0.1) is 0 Å². The summed E-state index contributed by atoms with van der Waals surface area (Å²) < 4.78 is 32.6. The molecule has 0 bridgehead atoms. The fraction of sp³-hybridized carbons (Fsp3) is 0.786. The Bertz CT molecular complexity index is 1060. The van der Waals surface area contributed by atoms with Crippen molar-refractivity contribution in [3.8, 4) is 0 Å². The number of ether oxygens (including phenoxy) is 2. The zero-order chi connectivity index (χ0) is 40.0. The zero-order valence-corrected chi connectivity index (χ0v) is 34.7. The van der Waals surface area contributed by atoms with Crippen LogP contribution < -0.4 is 5.73 Å². The molecule has 0 aromatic rings. The normalized spacial score (nSPS) is 14.1. The highest BCUT2D eigenvalue weighted by Gasteiger charge is 2.28. The first-order chi connectivity index (χ1) is 26.1. The smallest absolute Gasteiger partial charge is 0.472 e. The number of phosphoric ester groups is 1. The van der Waals surface area contributed by atoms with Gasteiger partial charge in [0.1, 0.15) is 12.6 Å². The summed E-state index contributed by atoms with van der Waals surface area (Å²) in [5, 5.41) is 8.88. The van der Waals surface area contributed by atoms with Gasteiger partial charge in [-0.2, -0.15) is 0 Å². The van der Waals surface area contributed by atoms with Crippen LogP contribution in [0.1, 0.15) is 181 Å². The molecule has 3 atom stereocenters. The van der Waals surface area contributed by atoms with E-state index in [1.165, 1.54) is 64.2 Å². The molecule has 4 N–H and O–H groups in total. The molecule has 0 aliphatic carbocycles. The number of hydrogen-bond acceptors (Lipinski definition) is 9. The number of allylic oxidation sites excluding steroid dienone is 6. The monoisotopic (exact) mass is 786 g/mol. The summed E-state index contributed by atoms with van der Waals surface area (Å²) >= 11 is 0. The van der Waals surface area contributed by atoms with E-state index in [-0.39, 0.29) is 19.4 Å². The van der Waals surface area contributed by atoms with Gasteiger partial charge < -0.3 is 25.2 Å². The van der Waals surface area contributed by atoms with E-state index in [1.807, 2.05) is 0 Å². The van der Waals surface area contributed by atoms with Crippen molar-refractivity contribution >= 4 is 25.7 Å². The van der Waals surface area contributed by atoms with Crippen LogP contribution in [-0.2, 0) is 37.5 Å². The fourth-order valence-corrected chi connectivity index (χ4v) is 6.30. The summed E-state index contributed by atoms with van der Waals surface area (Å²) in [6.07, 6.45) is 39.2. The lowest BCUT2D eigenvalue weighted by molar-refractivity contribution is -0.161. The van der Waals surface area contributed by atoms with Crippen LogP contribution in [0.4, 0.5) is 0 Å². The second-order valence-electron chi connectivity index (χ2n) is 14.1. The number of carbonyl (C=O) groups is 3. The third-order valence-corrected chi connectivity index (χ3v) is 9.84. The maximum atomic E-state index is 12.6. The van der Waals surface area contributed by atoms with Crippen LogP contribution in [0.2, 0.25) is 0 Å². The molecule has 0 spiro atoms. The number of carboxylic acids is 1. The Balaban J connectivity index is 4.43. The molecule has 0 aliphatic rings. The molecule has 0 saturated heterocycles. The molecule has 12 heteroatoms. The summed E-state index contributed by atoms with van der Waals surface area (Å²) in [5.74, 6) is -2.41. The minimum Gasteiger partial charge on any atom is -0.480 e. The van der Waals surface area contributed by atoms with E-state index >= 15 is 0 Å². The van der Waals surface area contributed by atoms with Crippen molar-refractivity contribution in [3.05, 3.63) is 36.5 Å². The Hall–Kier alpha value is -2.30. The van der Waals surface area contributed by atoms with Crippen molar-refractivity contribution in [3.63, 3.8) is 0 Å². The summed E-state index contributed by atoms with van der Waals surface area (Å²) in [6.45, 7) is 2.75. The van der Waals surface area contributed by atoms with Crippen molar-refractivity contribution in [2.24, 2.45) is 5.73 Å². The molecule has 0 radical (unpaired) electrons. The predicted molar refractivity (Wildman–Crippen MR) is 217 cm³/mol. The third kappa shape index (κ3) is 36.7. The molecule has 0 saturated carbocycles. The molecular formula is C42H76NO10P. The van der Waals surface area contributed by atoms with Gasteiger partial charge in [-0.05, 0) is 64.2 Å². The summed E-state index contributed by atoms with van der Waals surface area (Å²) in [6, 6.07) is -1.52. The Morgan fingerprint density at radius 2 is 0.981 bits per heavy atom. The van der Waals surface area contributed by atoms with Crippen LogP contribution in [0, 0.1) is 0 Å². The summed E-state index contributed by atoms with van der Waals surface area (Å²) in [5.41, 5.74) is 5.32. The molecule has 314 valence electrons. The van der Waals surface area contributed by atoms with Crippen LogP contribution in [0.25, 0.3) is 0 Å². The van der Waals surface area contributed by atoms with Gasteiger partial charge in [-0.3, -0.25) is 23.4 Å². The SMILES string of the molecule is CCCCCC/C=C/C=C/CCCCCCCC(=O)O[C@H](COC(=O)CCCCCCC/C=C/CCCCCCCC)COP(=O)(O)OC[C@H](N)C(=O)O. The summed E-state index contributed by atoms with van der Waals surface area (Å²) in [4.78, 5) is 45.9. The average molecular weight is 786 g/mol. The highest BCUT2D eigenvalue weighted by Crippen LogP contribution is 2.43. The molecule has 0 aliphatic heterocycles. The minimum atomic E-state index is -4.72. The van der Waals surface area contributed by atoms with E-state index in [0.717, 1.165) is 77.0 Å². The first kappa shape index (κ1) is 51.7. The number of phosphoric acid groups is 1. The highest BCUT2D eigenvalue weighted by atomic mass is 31.2. The maximum Gasteiger partial charge on any atom is 0.472 e. The van der Waals surface area contributed by atoms with E-state index < -0.39 is 51.1 Å². The number of aliphatic carboxylic acids is 1. The van der Waals surface area contributed by atoms with Crippen molar-refractivity contribution in [2.75, 3.05) is 19.8 Å². The van der Waals surface area contributed by atoms with Crippen molar-refractivity contribution < 1.29 is 47.5 Å². The molecule has 1 unspecified atom stereocenters. The first-order valence-corrected chi connectivity index (χ1v) is 22.5. The number of rotatable bonds is 39. The minimum absolute atomic E-state index is 0.142. The van der Waals surface area contributed by atoms with Crippen LogP contribution in [0.15, 0.2) is 36.5 Å². The van der Waals surface area contributed by atoms with Crippen molar-refractivity contribution in [1.29, 1.82) is 0 Å². The second-order valence-corrected chi connectivity index (χ2v) is 15.6. The number of esters is 2. The quantitative estimate of drug-likeness (QED) is 0.0178. The Labute approximate surface area is 327 Å². The molecule has 0 fully saturated rings. The molecule has 11 nitrogen and oxygen atoms in total. The lowest BCUT2D eigenvalue weighted by atomic mass is 10.1. The molecule has 0 heterocycles. The van der Waals surface area contributed by atoms with Crippen LogP contribution in [0.3, 0.4) is 0 Å². The maximum absolute atomic E-state index is 12.6. The van der Waals surface area contributed by atoms with Gasteiger partial charge in [0.15, 0.2) is 6.10 Å². The van der Waals surface area contributed by atoms with Crippen LogP contribution >= 0.6 is 7.82 Å². The number of unbranched alkanes of at least 4 members (excludes halogenated alkanes) is 20. The van der Waals surface area contributed by atoms with Gasteiger partial charge in [0.05, 0.1) is 13.2 Å². The number of hydrogen-bond donors (Lipinski definition) is 3. The van der Waals surface area contributed by atoms with Crippen LogP contribution in [0.5, 0.6) is 0 Å². The van der Waals surface area contributed by atoms with Gasteiger partial charge in [0, 0.05) is 12.8 Å². The predicted octanol–water partition coefficient (Wildman–Crippen LogP) is 10.8. The molecule has 54 heavy (non-hydrogen) atoms. The fourth-order valence-electron chi connectivity index (χ4n) is 5.52. The van der Waals surface area contributed by atoms with Crippen LogP contribution in [-0.4, -0.2) is 59.9 Å². The number of carbonyl (C=O) groups excluding carboxylic acids is 2. The van der Waals surface area contributed by atoms with Gasteiger partial charge in [-0.25, -0.2) is 4.57 Å². The van der Waals surface area contributed by atoms with Gasteiger partial charge in [-0.1, -0.05) is 140 Å². The molecule has 0 aromatic heterocycles. The van der Waals surface area contributed by atoms with E-state index in [0.29, 0.717) is 12.8 Å². The third-order valence-electron chi connectivity index (χ3n) is 8.89. The lowest BCUT2D eigenvalue weighted by Gasteiger charge is -2.20. The topological polar surface area (TPSA) is 172 Å². The molecular weight excluding hydrogens is 709 g/mol.